The second-order valence-corrected chi connectivity index (χ2v) is 4.88. The molecule has 0 aromatic heterocycles. The van der Waals surface area contributed by atoms with Crippen molar-refractivity contribution in [2.45, 2.75) is 39.2 Å². The number of anilines is 1. The molecule has 0 aliphatic carbocycles. The SMILES string of the molecule is CCCN(CCC)C(=O)C1Cc2ccccc2N1. The van der Waals surface area contributed by atoms with Crippen LogP contribution in [0.2, 0.25) is 0 Å². The van der Waals surface area contributed by atoms with Crippen LogP contribution in [0.1, 0.15) is 32.3 Å². The molecule has 3 heteroatoms. The number of fused-ring (bicyclic) bond motifs is 1. The van der Waals surface area contributed by atoms with Crippen LogP contribution in [0.5, 0.6) is 0 Å². The highest BCUT2D eigenvalue weighted by Crippen LogP contribution is 2.26. The van der Waals surface area contributed by atoms with E-state index < -0.39 is 0 Å². The van der Waals surface area contributed by atoms with E-state index in [1.807, 2.05) is 23.1 Å². The van der Waals surface area contributed by atoms with Gasteiger partial charge in [-0.3, -0.25) is 4.79 Å². The molecule has 1 amide bonds. The van der Waals surface area contributed by atoms with Crippen molar-refractivity contribution in [3.05, 3.63) is 29.8 Å². The molecule has 1 aliphatic rings. The number of carbonyl (C=O) groups excluding carboxylic acids is 1. The fraction of sp³-hybridized carbons (Fsp3) is 0.533. The van der Waals surface area contributed by atoms with Gasteiger partial charge < -0.3 is 10.2 Å². The standard InChI is InChI=1S/C15H22N2O/c1-3-9-17(10-4-2)15(18)14-11-12-7-5-6-8-13(12)16-14/h5-8,14,16H,3-4,9-11H2,1-2H3. The first kappa shape index (κ1) is 12.9. The molecule has 1 unspecified atom stereocenters. The van der Waals surface area contributed by atoms with E-state index in [-0.39, 0.29) is 11.9 Å². The Balaban J connectivity index is 2.03. The van der Waals surface area contributed by atoms with Gasteiger partial charge in [-0.2, -0.15) is 0 Å². The molecule has 98 valence electrons. The van der Waals surface area contributed by atoms with Crippen molar-refractivity contribution >= 4 is 11.6 Å². The molecule has 18 heavy (non-hydrogen) atoms. The van der Waals surface area contributed by atoms with Crippen LogP contribution in [0, 0.1) is 0 Å². The van der Waals surface area contributed by atoms with Crippen molar-refractivity contribution in [2.75, 3.05) is 18.4 Å². The maximum Gasteiger partial charge on any atom is 0.245 e. The minimum atomic E-state index is -0.0690. The lowest BCUT2D eigenvalue weighted by molar-refractivity contribution is -0.132. The highest BCUT2D eigenvalue weighted by molar-refractivity contribution is 5.87. The average Bonchev–Trinajstić information content (AvgIpc) is 2.81. The summed E-state index contributed by atoms with van der Waals surface area (Å²) in [6.45, 7) is 5.96. The van der Waals surface area contributed by atoms with Gasteiger partial charge in [0.05, 0.1) is 0 Å². The molecular weight excluding hydrogens is 224 g/mol. The number of hydrogen-bond donors (Lipinski definition) is 1. The number of nitrogens with zero attached hydrogens (tertiary/aromatic N) is 1. The van der Waals surface area contributed by atoms with Crippen LogP contribution in [-0.4, -0.2) is 29.9 Å². The number of para-hydroxylation sites is 1. The smallest absolute Gasteiger partial charge is 0.245 e. The van der Waals surface area contributed by atoms with Gasteiger partial charge in [0.25, 0.3) is 0 Å². The monoisotopic (exact) mass is 246 g/mol. The van der Waals surface area contributed by atoms with Crippen molar-refractivity contribution in [2.24, 2.45) is 0 Å². The van der Waals surface area contributed by atoms with Gasteiger partial charge in [-0.1, -0.05) is 32.0 Å². The Morgan fingerprint density at radius 3 is 2.56 bits per heavy atom. The van der Waals surface area contributed by atoms with E-state index in [1.54, 1.807) is 0 Å². The first-order valence-corrected chi connectivity index (χ1v) is 6.89. The second-order valence-electron chi connectivity index (χ2n) is 4.88. The third kappa shape index (κ3) is 2.66. The second kappa shape index (κ2) is 5.89. The summed E-state index contributed by atoms with van der Waals surface area (Å²) < 4.78 is 0. The number of hydrogen-bond acceptors (Lipinski definition) is 2. The van der Waals surface area contributed by atoms with E-state index in [2.05, 4.69) is 25.2 Å². The molecular formula is C15H22N2O. The predicted molar refractivity (Wildman–Crippen MR) is 74.7 cm³/mol. The summed E-state index contributed by atoms with van der Waals surface area (Å²) in [5.41, 5.74) is 2.37. The molecule has 1 aromatic rings. The Bertz CT molecular complexity index is 386. The fourth-order valence-corrected chi connectivity index (χ4v) is 2.54. The van der Waals surface area contributed by atoms with Gasteiger partial charge in [0.2, 0.25) is 5.91 Å². The van der Waals surface area contributed by atoms with E-state index in [0.717, 1.165) is 38.0 Å². The molecule has 3 nitrogen and oxygen atoms in total. The summed E-state index contributed by atoms with van der Waals surface area (Å²) in [6, 6.07) is 8.12. The zero-order valence-electron chi connectivity index (χ0n) is 11.3. The first-order valence-electron chi connectivity index (χ1n) is 6.89. The number of benzene rings is 1. The molecule has 0 radical (unpaired) electrons. The van der Waals surface area contributed by atoms with Crippen LogP contribution in [-0.2, 0) is 11.2 Å². The lowest BCUT2D eigenvalue weighted by atomic mass is 10.1. The van der Waals surface area contributed by atoms with Gasteiger partial charge in [0.15, 0.2) is 0 Å². The van der Waals surface area contributed by atoms with Gasteiger partial charge in [0.1, 0.15) is 6.04 Å². The lowest BCUT2D eigenvalue weighted by Crippen LogP contribution is -2.42. The van der Waals surface area contributed by atoms with Gasteiger partial charge >= 0.3 is 0 Å². The van der Waals surface area contributed by atoms with Crippen LogP contribution < -0.4 is 5.32 Å². The topological polar surface area (TPSA) is 32.3 Å². The maximum atomic E-state index is 12.5. The molecule has 0 saturated heterocycles. The zero-order valence-corrected chi connectivity index (χ0v) is 11.3. The molecule has 1 aliphatic heterocycles. The van der Waals surface area contributed by atoms with Crippen LogP contribution in [0.3, 0.4) is 0 Å². The van der Waals surface area contributed by atoms with Gasteiger partial charge in [0, 0.05) is 25.2 Å². The van der Waals surface area contributed by atoms with Crippen molar-refractivity contribution in [1.29, 1.82) is 0 Å². The lowest BCUT2D eigenvalue weighted by Gasteiger charge is -2.25. The van der Waals surface area contributed by atoms with E-state index in [4.69, 9.17) is 0 Å². The van der Waals surface area contributed by atoms with Crippen LogP contribution in [0.15, 0.2) is 24.3 Å². The third-order valence-electron chi connectivity index (χ3n) is 3.37. The number of nitrogens with one attached hydrogen (secondary N) is 1. The summed E-state index contributed by atoms with van der Waals surface area (Å²) in [5.74, 6) is 0.245. The van der Waals surface area contributed by atoms with Crippen LogP contribution in [0.4, 0.5) is 5.69 Å². The minimum absolute atomic E-state index is 0.0690. The predicted octanol–water partition coefficient (Wildman–Crippen LogP) is 2.67. The Morgan fingerprint density at radius 2 is 1.94 bits per heavy atom. The summed E-state index contributed by atoms with van der Waals surface area (Å²) in [6.07, 6.45) is 2.86. The summed E-state index contributed by atoms with van der Waals surface area (Å²) in [5, 5.41) is 3.34. The van der Waals surface area contributed by atoms with Crippen molar-refractivity contribution in [1.82, 2.24) is 4.90 Å². The minimum Gasteiger partial charge on any atom is -0.373 e. The van der Waals surface area contributed by atoms with Crippen molar-refractivity contribution < 1.29 is 4.79 Å². The highest BCUT2D eigenvalue weighted by atomic mass is 16.2. The highest BCUT2D eigenvalue weighted by Gasteiger charge is 2.29. The molecule has 0 spiro atoms. The molecule has 0 bridgehead atoms. The first-order chi connectivity index (χ1) is 8.76. The number of amides is 1. The molecule has 1 atom stereocenters. The molecule has 0 fully saturated rings. The fourth-order valence-electron chi connectivity index (χ4n) is 2.54. The Labute approximate surface area is 109 Å². The van der Waals surface area contributed by atoms with E-state index >= 15 is 0 Å². The van der Waals surface area contributed by atoms with Crippen molar-refractivity contribution in [3.8, 4) is 0 Å². The van der Waals surface area contributed by atoms with E-state index in [0.29, 0.717) is 0 Å². The third-order valence-corrected chi connectivity index (χ3v) is 3.37. The molecule has 1 aromatic carbocycles. The summed E-state index contributed by atoms with van der Waals surface area (Å²) in [7, 11) is 0. The quantitative estimate of drug-likeness (QED) is 0.866. The van der Waals surface area contributed by atoms with Gasteiger partial charge in [-0.05, 0) is 24.5 Å². The zero-order chi connectivity index (χ0) is 13.0. The van der Waals surface area contributed by atoms with Gasteiger partial charge in [-0.15, -0.1) is 0 Å². The van der Waals surface area contributed by atoms with Crippen LogP contribution in [0.25, 0.3) is 0 Å². The molecule has 0 saturated carbocycles. The largest absolute Gasteiger partial charge is 0.373 e. The average molecular weight is 246 g/mol. The Hall–Kier alpha value is -1.51. The maximum absolute atomic E-state index is 12.5. The molecule has 2 rings (SSSR count). The molecule has 1 heterocycles. The summed E-state index contributed by atoms with van der Waals surface area (Å²) >= 11 is 0. The van der Waals surface area contributed by atoms with Crippen molar-refractivity contribution in [3.63, 3.8) is 0 Å². The van der Waals surface area contributed by atoms with E-state index in [9.17, 15) is 4.79 Å². The number of carbonyl (C=O) groups is 1. The normalized spacial score (nSPS) is 17.1. The number of rotatable bonds is 5. The van der Waals surface area contributed by atoms with Gasteiger partial charge in [-0.25, -0.2) is 0 Å². The van der Waals surface area contributed by atoms with E-state index in [1.165, 1.54) is 5.56 Å². The summed E-state index contributed by atoms with van der Waals surface area (Å²) in [4.78, 5) is 14.4. The molecule has 1 N–H and O–H groups in total. The van der Waals surface area contributed by atoms with Crippen LogP contribution >= 0.6 is 0 Å². The Kier molecular flexibility index (Phi) is 4.24. The Morgan fingerprint density at radius 1 is 1.28 bits per heavy atom.